The molecule has 1 rings (SSSR count). The third-order valence-corrected chi connectivity index (χ3v) is 2.85. The highest BCUT2D eigenvalue weighted by atomic mass is 79.9. The number of nitrogens with two attached hydrogens (primary N) is 1. The third-order valence-electron chi connectivity index (χ3n) is 2.36. The first-order valence-electron chi connectivity index (χ1n) is 5.63. The van der Waals surface area contributed by atoms with Gasteiger partial charge in [0.05, 0.1) is 0 Å². The van der Waals surface area contributed by atoms with E-state index in [-0.39, 0.29) is 11.7 Å². The number of oxime groups is 1. The van der Waals surface area contributed by atoms with Crippen molar-refractivity contribution >= 4 is 27.7 Å². The molecule has 0 spiro atoms. The van der Waals surface area contributed by atoms with Crippen LogP contribution in [0.1, 0.15) is 29.6 Å². The first-order chi connectivity index (χ1) is 8.63. The number of amides is 1. The van der Waals surface area contributed by atoms with Gasteiger partial charge in [-0.05, 0) is 31.0 Å². The lowest BCUT2D eigenvalue weighted by Gasteiger charge is -2.05. The number of carbonyl (C=O) groups is 1. The van der Waals surface area contributed by atoms with Crippen molar-refractivity contribution in [3.63, 3.8) is 0 Å². The first-order valence-corrected chi connectivity index (χ1v) is 6.43. The van der Waals surface area contributed by atoms with Gasteiger partial charge in [0.15, 0.2) is 0 Å². The molecule has 0 aliphatic heterocycles. The molecule has 1 aromatic carbocycles. The number of amidine groups is 1. The van der Waals surface area contributed by atoms with E-state index in [1.54, 1.807) is 12.1 Å². The molecule has 0 aliphatic carbocycles. The molecule has 0 atom stereocenters. The molecule has 18 heavy (non-hydrogen) atoms. The van der Waals surface area contributed by atoms with Gasteiger partial charge in [0.2, 0.25) is 0 Å². The maximum atomic E-state index is 11.7. The monoisotopic (exact) mass is 313 g/mol. The van der Waals surface area contributed by atoms with Gasteiger partial charge in [-0.1, -0.05) is 27.2 Å². The molecule has 5 nitrogen and oxygen atoms in total. The second-order valence-electron chi connectivity index (χ2n) is 3.81. The smallest absolute Gasteiger partial charge is 0.251 e. The van der Waals surface area contributed by atoms with E-state index in [0.29, 0.717) is 18.5 Å². The summed E-state index contributed by atoms with van der Waals surface area (Å²) in [7, 11) is 0. The Kier molecular flexibility index (Phi) is 6.21. The van der Waals surface area contributed by atoms with E-state index in [0.717, 1.165) is 17.3 Å². The molecule has 0 saturated carbocycles. The highest BCUT2D eigenvalue weighted by Gasteiger charge is 2.04. The Balaban J connectivity index is 2.26. The number of rotatable bonds is 6. The second-order valence-corrected chi connectivity index (χ2v) is 4.73. The quantitative estimate of drug-likeness (QED) is 0.247. The van der Waals surface area contributed by atoms with Crippen molar-refractivity contribution < 1.29 is 10.0 Å². The number of hydrogen-bond acceptors (Lipinski definition) is 3. The number of carbonyl (C=O) groups excluding carboxylic acids is 1. The third kappa shape index (κ3) is 5.18. The maximum absolute atomic E-state index is 11.7. The molecule has 6 heteroatoms. The molecule has 0 aromatic heterocycles. The van der Waals surface area contributed by atoms with E-state index < -0.39 is 0 Å². The van der Waals surface area contributed by atoms with Crippen molar-refractivity contribution in [1.82, 2.24) is 5.32 Å². The van der Waals surface area contributed by atoms with Crippen LogP contribution in [-0.4, -0.2) is 23.5 Å². The molecule has 4 N–H and O–H groups in total. The predicted octanol–water partition coefficient (Wildman–Crippen LogP) is 2.10. The predicted molar refractivity (Wildman–Crippen MR) is 73.7 cm³/mol. The molecular formula is C12H16BrN3O2. The molecular weight excluding hydrogens is 298 g/mol. The first kappa shape index (κ1) is 14.5. The van der Waals surface area contributed by atoms with Crippen LogP contribution < -0.4 is 11.1 Å². The van der Waals surface area contributed by atoms with Crippen molar-refractivity contribution in [2.45, 2.75) is 19.3 Å². The van der Waals surface area contributed by atoms with Gasteiger partial charge in [-0.3, -0.25) is 4.79 Å². The Labute approximate surface area is 114 Å². The summed E-state index contributed by atoms with van der Waals surface area (Å²) in [5.74, 6) is 0.119. The van der Waals surface area contributed by atoms with Gasteiger partial charge in [0, 0.05) is 23.0 Å². The van der Waals surface area contributed by atoms with Crippen LogP contribution in [0.25, 0.3) is 0 Å². The number of benzene rings is 1. The van der Waals surface area contributed by atoms with Crippen LogP contribution in [0.3, 0.4) is 0 Å². The second kappa shape index (κ2) is 7.71. The molecule has 1 aromatic rings. The topological polar surface area (TPSA) is 87.7 Å². The van der Waals surface area contributed by atoms with E-state index in [9.17, 15) is 4.79 Å². The van der Waals surface area contributed by atoms with Crippen LogP contribution in [-0.2, 0) is 0 Å². The Morgan fingerprint density at radius 2 is 2.22 bits per heavy atom. The van der Waals surface area contributed by atoms with Gasteiger partial charge >= 0.3 is 0 Å². The summed E-state index contributed by atoms with van der Waals surface area (Å²) in [6.45, 7) is 0.573. The molecule has 0 aliphatic rings. The van der Waals surface area contributed by atoms with E-state index in [2.05, 4.69) is 26.4 Å². The van der Waals surface area contributed by atoms with Gasteiger partial charge in [-0.25, -0.2) is 0 Å². The largest absolute Gasteiger partial charge is 0.409 e. The summed E-state index contributed by atoms with van der Waals surface area (Å²) in [6, 6.07) is 7.22. The van der Waals surface area contributed by atoms with Crippen molar-refractivity contribution in [3.8, 4) is 0 Å². The van der Waals surface area contributed by atoms with Gasteiger partial charge in [-0.2, -0.15) is 0 Å². The molecule has 0 unspecified atom stereocenters. The van der Waals surface area contributed by atoms with Crippen LogP contribution in [0.15, 0.2) is 33.9 Å². The fraction of sp³-hybridized carbons (Fsp3) is 0.333. The zero-order chi connectivity index (χ0) is 13.4. The van der Waals surface area contributed by atoms with E-state index in [4.69, 9.17) is 10.9 Å². The highest BCUT2D eigenvalue weighted by Crippen LogP contribution is 2.11. The van der Waals surface area contributed by atoms with Crippen molar-refractivity contribution in [1.29, 1.82) is 0 Å². The van der Waals surface area contributed by atoms with E-state index in [1.807, 2.05) is 12.1 Å². The zero-order valence-corrected chi connectivity index (χ0v) is 11.5. The summed E-state index contributed by atoms with van der Waals surface area (Å²) < 4.78 is 0.877. The van der Waals surface area contributed by atoms with Crippen molar-refractivity contribution in [3.05, 3.63) is 34.3 Å². The van der Waals surface area contributed by atoms with E-state index in [1.165, 1.54) is 0 Å². The average Bonchev–Trinajstić information content (AvgIpc) is 2.37. The van der Waals surface area contributed by atoms with Crippen LogP contribution in [0.4, 0.5) is 0 Å². The molecule has 98 valence electrons. The lowest BCUT2D eigenvalue weighted by Crippen LogP contribution is -2.24. The lowest BCUT2D eigenvalue weighted by atomic mass is 10.2. The lowest BCUT2D eigenvalue weighted by molar-refractivity contribution is 0.0953. The minimum absolute atomic E-state index is 0.0971. The van der Waals surface area contributed by atoms with E-state index >= 15 is 0 Å². The van der Waals surface area contributed by atoms with Gasteiger partial charge < -0.3 is 16.3 Å². The minimum Gasteiger partial charge on any atom is -0.409 e. The van der Waals surface area contributed by atoms with Crippen LogP contribution >= 0.6 is 15.9 Å². The van der Waals surface area contributed by atoms with Gasteiger partial charge in [-0.15, -0.1) is 0 Å². The number of nitrogens with one attached hydrogen (secondary N) is 1. The summed E-state index contributed by atoms with van der Waals surface area (Å²) in [5.41, 5.74) is 5.96. The molecule has 0 heterocycles. The van der Waals surface area contributed by atoms with Crippen LogP contribution in [0.2, 0.25) is 0 Å². The highest BCUT2D eigenvalue weighted by molar-refractivity contribution is 9.10. The summed E-state index contributed by atoms with van der Waals surface area (Å²) in [4.78, 5) is 11.7. The Hall–Kier alpha value is -1.56. The fourth-order valence-corrected chi connectivity index (χ4v) is 1.81. The van der Waals surface area contributed by atoms with Gasteiger partial charge in [0.25, 0.3) is 5.91 Å². The SMILES string of the molecule is NC(CCCCNC(=O)c1cccc(Br)c1)=NO. The zero-order valence-electron chi connectivity index (χ0n) is 9.90. The summed E-state index contributed by atoms with van der Waals surface area (Å²) in [5, 5.41) is 14.0. The van der Waals surface area contributed by atoms with Crippen molar-refractivity contribution in [2.75, 3.05) is 6.54 Å². The van der Waals surface area contributed by atoms with Crippen molar-refractivity contribution in [2.24, 2.45) is 10.9 Å². The number of hydrogen-bond donors (Lipinski definition) is 3. The molecule has 0 radical (unpaired) electrons. The normalized spacial score (nSPS) is 11.3. The Morgan fingerprint density at radius 1 is 1.44 bits per heavy atom. The van der Waals surface area contributed by atoms with Crippen LogP contribution in [0.5, 0.6) is 0 Å². The van der Waals surface area contributed by atoms with Crippen LogP contribution in [0, 0.1) is 0 Å². The molecule has 0 fully saturated rings. The summed E-state index contributed by atoms with van der Waals surface area (Å²) in [6.07, 6.45) is 2.09. The summed E-state index contributed by atoms with van der Waals surface area (Å²) >= 11 is 3.32. The van der Waals surface area contributed by atoms with Gasteiger partial charge in [0.1, 0.15) is 5.84 Å². The minimum atomic E-state index is -0.0971. The maximum Gasteiger partial charge on any atom is 0.251 e. The fourth-order valence-electron chi connectivity index (χ4n) is 1.41. The average molecular weight is 314 g/mol. The number of unbranched alkanes of at least 4 members (excludes halogenated alkanes) is 1. The standard InChI is InChI=1S/C12H16BrN3O2/c13-10-5-3-4-9(8-10)12(17)15-7-2-1-6-11(14)16-18/h3-5,8,18H,1-2,6-7H2,(H2,14,16)(H,15,17). The Morgan fingerprint density at radius 3 is 2.89 bits per heavy atom. The molecule has 1 amide bonds. The molecule has 0 saturated heterocycles. The molecule has 0 bridgehead atoms. The number of halogens is 1. The Bertz CT molecular complexity index is 435. The number of nitrogens with zero attached hydrogens (tertiary/aromatic N) is 1.